The van der Waals surface area contributed by atoms with Crippen molar-refractivity contribution in [3.8, 4) is 0 Å². The Balaban J connectivity index is 2.08. The summed E-state index contributed by atoms with van der Waals surface area (Å²) in [5.74, 6) is -0.567. The standard InChI is InChI=1S/C20H17IN2O3S/c1-13-9-11-14(12-10-13)27(25,26)18-8-4-6-16(22)19(18)20(24)23-17-7-3-2-5-15(17)21/h2-12H,22H2,1H3,(H,23,24). The van der Waals surface area contributed by atoms with E-state index in [0.717, 1.165) is 9.13 Å². The van der Waals surface area contributed by atoms with Gasteiger partial charge in [0, 0.05) is 9.26 Å². The Morgan fingerprint density at radius 2 is 1.63 bits per heavy atom. The SMILES string of the molecule is Cc1ccc(S(=O)(=O)c2cccc(N)c2C(=O)Nc2ccccc2I)cc1. The maximum Gasteiger partial charge on any atom is 0.259 e. The van der Waals surface area contributed by atoms with Crippen LogP contribution in [0.4, 0.5) is 11.4 Å². The Morgan fingerprint density at radius 1 is 0.963 bits per heavy atom. The zero-order valence-electron chi connectivity index (χ0n) is 14.4. The van der Waals surface area contributed by atoms with E-state index >= 15 is 0 Å². The number of halogens is 1. The number of hydrogen-bond acceptors (Lipinski definition) is 4. The second kappa shape index (κ2) is 7.69. The summed E-state index contributed by atoms with van der Waals surface area (Å²) < 4.78 is 27.0. The predicted octanol–water partition coefficient (Wildman–Crippen LogP) is 4.27. The van der Waals surface area contributed by atoms with Gasteiger partial charge in [0.15, 0.2) is 0 Å². The number of hydrogen-bond donors (Lipinski definition) is 2. The predicted molar refractivity (Wildman–Crippen MR) is 115 cm³/mol. The molecule has 0 fully saturated rings. The highest BCUT2D eigenvalue weighted by Gasteiger charge is 2.26. The van der Waals surface area contributed by atoms with Crippen LogP contribution in [-0.2, 0) is 9.84 Å². The number of carbonyl (C=O) groups is 1. The lowest BCUT2D eigenvalue weighted by atomic mass is 10.1. The Bertz CT molecular complexity index is 1110. The number of carbonyl (C=O) groups excluding carboxylic acids is 1. The van der Waals surface area contributed by atoms with Gasteiger partial charge in [-0.25, -0.2) is 8.42 Å². The summed E-state index contributed by atoms with van der Waals surface area (Å²) in [5, 5.41) is 2.75. The molecule has 7 heteroatoms. The van der Waals surface area contributed by atoms with Gasteiger partial charge in [-0.1, -0.05) is 35.9 Å². The monoisotopic (exact) mass is 492 g/mol. The summed E-state index contributed by atoms with van der Waals surface area (Å²) in [5.41, 5.74) is 7.56. The highest BCUT2D eigenvalue weighted by molar-refractivity contribution is 14.1. The molecule has 5 nitrogen and oxygen atoms in total. The summed E-state index contributed by atoms with van der Waals surface area (Å²) >= 11 is 2.09. The molecule has 0 atom stereocenters. The Labute approximate surface area is 171 Å². The molecule has 0 bridgehead atoms. The quantitative estimate of drug-likeness (QED) is 0.421. The van der Waals surface area contributed by atoms with Crippen LogP contribution in [0, 0.1) is 10.5 Å². The molecular weight excluding hydrogens is 475 g/mol. The van der Waals surface area contributed by atoms with Gasteiger partial charge >= 0.3 is 0 Å². The number of anilines is 2. The van der Waals surface area contributed by atoms with Gasteiger partial charge in [-0.15, -0.1) is 0 Å². The van der Waals surface area contributed by atoms with Crippen LogP contribution in [-0.4, -0.2) is 14.3 Å². The van der Waals surface area contributed by atoms with Crippen molar-refractivity contribution in [2.24, 2.45) is 0 Å². The minimum absolute atomic E-state index is 0.0577. The average molecular weight is 492 g/mol. The van der Waals surface area contributed by atoms with Crippen molar-refractivity contribution in [2.45, 2.75) is 16.7 Å². The molecule has 0 saturated heterocycles. The van der Waals surface area contributed by atoms with Crippen molar-refractivity contribution < 1.29 is 13.2 Å². The molecule has 0 unspecified atom stereocenters. The van der Waals surface area contributed by atoms with E-state index in [1.165, 1.54) is 30.3 Å². The van der Waals surface area contributed by atoms with Gasteiger partial charge in [0.05, 0.1) is 21.0 Å². The fourth-order valence-corrected chi connectivity index (χ4v) is 4.61. The summed E-state index contributed by atoms with van der Waals surface area (Å²) in [7, 11) is -3.90. The largest absolute Gasteiger partial charge is 0.398 e. The van der Waals surface area contributed by atoms with E-state index in [1.807, 2.05) is 19.1 Å². The fourth-order valence-electron chi connectivity index (χ4n) is 2.61. The first kappa shape index (κ1) is 19.4. The Morgan fingerprint density at radius 3 is 2.30 bits per heavy atom. The van der Waals surface area contributed by atoms with Crippen molar-refractivity contribution in [1.29, 1.82) is 0 Å². The van der Waals surface area contributed by atoms with Crippen LogP contribution in [0.25, 0.3) is 0 Å². The normalized spacial score (nSPS) is 11.2. The lowest BCUT2D eigenvalue weighted by Crippen LogP contribution is -2.19. The van der Waals surface area contributed by atoms with E-state index < -0.39 is 15.7 Å². The third kappa shape index (κ3) is 3.98. The molecule has 0 saturated carbocycles. The van der Waals surface area contributed by atoms with Gasteiger partial charge in [-0.05, 0) is 65.9 Å². The molecule has 3 aromatic rings. The smallest absolute Gasteiger partial charge is 0.259 e. The molecule has 0 aliphatic heterocycles. The van der Waals surface area contributed by atoms with E-state index in [2.05, 4.69) is 27.9 Å². The molecule has 0 aliphatic carbocycles. The summed E-state index contributed by atoms with van der Waals surface area (Å²) in [6.45, 7) is 1.87. The topological polar surface area (TPSA) is 89.3 Å². The lowest BCUT2D eigenvalue weighted by Gasteiger charge is -2.14. The number of sulfone groups is 1. The number of benzene rings is 3. The van der Waals surface area contributed by atoms with E-state index in [4.69, 9.17) is 5.73 Å². The maximum atomic E-state index is 13.1. The summed E-state index contributed by atoms with van der Waals surface area (Å²) in [4.78, 5) is 12.9. The van der Waals surface area contributed by atoms with Crippen LogP contribution in [0.3, 0.4) is 0 Å². The van der Waals surface area contributed by atoms with Gasteiger partial charge in [0.2, 0.25) is 9.84 Å². The van der Waals surface area contributed by atoms with E-state index in [1.54, 1.807) is 24.3 Å². The number of nitrogens with one attached hydrogen (secondary N) is 1. The van der Waals surface area contributed by atoms with Gasteiger partial charge in [0.1, 0.15) is 0 Å². The molecule has 138 valence electrons. The molecule has 0 radical (unpaired) electrons. The number of nitrogens with two attached hydrogens (primary N) is 1. The fraction of sp³-hybridized carbons (Fsp3) is 0.0500. The van der Waals surface area contributed by atoms with E-state index in [0.29, 0.717) is 5.69 Å². The zero-order chi connectivity index (χ0) is 19.6. The van der Waals surface area contributed by atoms with Gasteiger partial charge in [0.25, 0.3) is 5.91 Å². The Hall–Kier alpha value is -2.39. The first-order valence-corrected chi connectivity index (χ1v) is 10.6. The molecular formula is C20H17IN2O3S. The van der Waals surface area contributed by atoms with Crippen molar-refractivity contribution in [2.75, 3.05) is 11.1 Å². The molecule has 3 aromatic carbocycles. The zero-order valence-corrected chi connectivity index (χ0v) is 17.4. The molecule has 0 heterocycles. The molecule has 0 spiro atoms. The van der Waals surface area contributed by atoms with Crippen LogP contribution in [0.1, 0.15) is 15.9 Å². The van der Waals surface area contributed by atoms with Crippen molar-refractivity contribution in [3.63, 3.8) is 0 Å². The van der Waals surface area contributed by atoms with Crippen LogP contribution >= 0.6 is 22.6 Å². The summed E-state index contributed by atoms with van der Waals surface area (Å²) in [6.07, 6.45) is 0. The van der Waals surface area contributed by atoms with Crippen molar-refractivity contribution in [1.82, 2.24) is 0 Å². The minimum atomic E-state index is -3.90. The van der Waals surface area contributed by atoms with Gasteiger partial charge in [-0.2, -0.15) is 0 Å². The molecule has 3 N–H and O–H groups in total. The number of aryl methyl sites for hydroxylation is 1. The maximum absolute atomic E-state index is 13.1. The molecule has 0 aliphatic rings. The highest BCUT2D eigenvalue weighted by Crippen LogP contribution is 2.29. The number of nitrogen functional groups attached to an aromatic ring is 1. The number of amides is 1. The van der Waals surface area contributed by atoms with Gasteiger partial charge in [-0.3, -0.25) is 4.79 Å². The van der Waals surface area contributed by atoms with Crippen LogP contribution < -0.4 is 11.1 Å². The second-order valence-corrected chi connectivity index (χ2v) is 9.05. The van der Waals surface area contributed by atoms with Crippen LogP contribution in [0.15, 0.2) is 76.5 Å². The van der Waals surface area contributed by atoms with Crippen molar-refractivity contribution in [3.05, 3.63) is 81.4 Å². The molecule has 3 rings (SSSR count). The van der Waals surface area contributed by atoms with Gasteiger partial charge < -0.3 is 11.1 Å². The molecule has 27 heavy (non-hydrogen) atoms. The Kier molecular flexibility index (Phi) is 5.52. The third-order valence-corrected chi connectivity index (χ3v) is 6.78. The van der Waals surface area contributed by atoms with E-state index in [-0.39, 0.29) is 21.0 Å². The van der Waals surface area contributed by atoms with Crippen LogP contribution in [0.5, 0.6) is 0 Å². The number of rotatable bonds is 4. The minimum Gasteiger partial charge on any atom is -0.398 e. The highest BCUT2D eigenvalue weighted by atomic mass is 127. The second-order valence-electron chi connectivity index (χ2n) is 5.97. The van der Waals surface area contributed by atoms with Crippen LogP contribution in [0.2, 0.25) is 0 Å². The summed E-state index contributed by atoms with van der Waals surface area (Å²) in [6, 6.07) is 18.1. The third-order valence-electron chi connectivity index (χ3n) is 4.03. The lowest BCUT2D eigenvalue weighted by molar-refractivity contribution is 0.102. The average Bonchev–Trinajstić information content (AvgIpc) is 2.63. The molecule has 1 amide bonds. The number of para-hydroxylation sites is 1. The first-order chi connectivity index (χ1) is 12.8. The van der Waals surface area contributed by atoms with Crippen molar-refractivity contribution >= 4 is 49.7 Å². The molecule has 0 aromatic heterocycles. The first-order valence-electron chi connectivity index (χ1n) is 8.07. The van der Waals surface area contributed by atoms with E-state index in [9.17, 15) is 13.2 Å².